The number of carbonyl (C=O) groups is 3. The average Bonchev–Trinajstić information content (AvgIpc) is 2.51. The molecule has 0 spiro atoms. The van der Waals surface area contributed by atoms with E-state index in [1.807, 2.05) is 0 Å². The first-order valence-corrected chi connectivity index (χ1v) is 7.70. The zero-order chi connectivity index (χ0) is 20.3. The fourth-order valence-electron chi connectivity index (χ4n) is 1.82. The molecule has 12 N–H and O–H groups in total. The van der Waals surface area contributed by atoms with Crippen molar-refractivity contribution in [2.45, 2.75) is 43.7 Å². The zero-order valence-corrected chi connectivity index (χ0v) is 14.1. The van der Waals surface area contributed by atoms with Gasteiger partial charge in [0.05, 0.1) is 12.6 Å². The number of guanidine groups is 1. The summed E-state index contributed by atoms with van der Waals surface area (Å²) in [6.45, 7) is -0.417. The fourth-order valence-corrected chi connectivity index (χ4v) is 1.82. The Morgan fingerprint density at radius 1 is 1.12 bits per heavy atom. The molecule has 0 radical (unpaired) electrons. The van der Waals surface area contributed by atoms with Crippen molar-refractivity contribution in [3.8, 4) is 0 Å². The van der Waals surface area contributed by atoms with Gasteiger partial charge in [-0.2, -0.15) is 0 Å². The summed E-state index contributed by atoms with van der Waals surface area (Å²) >= 11 is 0. The van der Waals surface area contributed by atoms with Gasteiger partial charge in [0.25, 0.3) is 5.97 Å². The summed E-state index contributed by atoms with van der Waals surface area (Å²) in [5, 5.41) is 40.6. The molecule has 13 heteroatoms. The van der Waals surface area contributed by atoms with E-state index in [2.05, 4.69) is 15.6 Å². The SMILES string of the molecule is NC(N)=NCCC[C@H](NC(=O)CNC(=O)[C@@H](N)CCC(=O)O)C(O)(O)O. The number of carboxylic acids is 1. The summed E-state index contributed by atoms with van der Waals surface area (Å²) < 4.78 is 0. The molecule has 0 aromatic heterocycles. The van der Waals surface area contributed by atoms with Gasteiger partial charge in [0.15, 0.2) is 5.96 Å². The second-order valence-electron chi connectivity index (χ2n) is 5.51. The van der Waals surface area contributed by atoms with Crippen molar-refractivity contribution in [1.82, 2.24) is 10.6 Å². The molecule has 0 heterocycles. The molecule has 0 aliphatic rings. The van der Waals surface area contributed by atoms with E-state index in [0.29, 0.717) is 0 Å². The van der Waals surface area contributed by atoms with E-state index in [9.17, 15) is 29.7 Å². The zero-order valence-electron chi connectivity index (χ0n) is 14.1. The maximum atomic E-state index is 11.8. The van der Waals surface area contributed by atoms with Crippen LogP contribution in [0.2, 0.25) is 0 Å². The molecule has 0 bridgehead atoms. The Morgan fingerprint density at radius 2 is 1.73 bits per heavy atom. The molecule has 0 aliphatic carbocycles. The van der Waals surface area contributed by atoms with E-state index >= 15 is 0 Å². The van der Waals surface area contributed by atoms with Crippen LogP contribution in [0.25, 0.3) is 0 Å². The van der Waals surface area contributed by atoms with Crippen molar-refractivity contribution in [3.63, 3.8) is 0 Å². The van der Waals surface area contributed by atoms with E-state index < -0.39 is 42.4 Å². The lowest BCUT2D eigenvalue weighted by Gasteiger charge is -2.26. The number of amides is 2. The van der Waals surface area contributed by atoms with Gasteiger partial charge in [-0.25, -0.2) is 0 Å². The Hall–Kier alpha value is -2.48. The van der Waals surface area contributed by atoms with Crippen LogP contribution in [0, 0.1) is 0 Å². The Morgan fingerprint density at radius 3 is 2.23 bits per heavy atom. The highest BCUT2D eigenvalue weighted by atomic mass is 16.7. The van der Waals surface area contributed by atoms with Crippen molar-refractivity contribution in [1.29, 1.82) is 0 Å². The topological polar surface area (TPSA) is 247 Å². The molecule has 0 saturated heterocycles. The molecule has 0 aromatic rings. The first-order valence-electron chi connectivity index (χ1n) is 7.70. The summed E-state index contributed by atoms with van der Waals surface area (Å²) in [5.74, 6) is -6.02. The lowest BCUT2D eigenvalue weighted by Crippen LogP contribution is -2.55. The highest BCUT2D eigenvalue weighted by molar-refractivity contribution is 5.87. The third kappa shape index (κ3) is 11.1. The van der Waals surface area contributed by atoms with E-state index in [1.54, 1.807) is 0 Å². The van der Waals surface area contributed by atoms with Gasteiger partial charge in [0, 0.05) is 13.0 Å². The van der Waals surface area contributed by atoms with Crippen molar-refractivity contribution < 1.29 is 34.8 Å². The molecule has 0 saturated carbocycles. The summed E-state index contributed by atoms with van der Waals surface area (Å²) in [6, 6.07) is -2.57. The summed E-state index contributed by atoms with van der Waals surface area (Å²) in [7, 11) is 0. The second kappa shape index (κ2) is 11.2. The van der Waals surface area contributed by atoms with Gasteiger partial charge in [-0.15, -0.1) is 0 Å². The monoisotopic (exact) mass is 378 g/mol. The minimum absolute atomic E-state index is 0.0713. The lowest BCUT2D eigenvalue weighted by atomic mass is 10.1. The normalized spacial score (nSPS) is 13.4. The summed E-state index contributed by atoms with van der Waals surface area (Å²) in [4.78, 5) is 37.5. The Kier molecular flexibility index (Phi) is 10.1. The number of carbonyl (C=O) groups excluding carboxylic acids is 2. The highest BCUT2D eigenvalue weighted by Crippen LogP contribution is 2.09. The highest BCUT2D eigenvalue weighted by Gasteiger charge is 2.33. The van der Waals surface area contributed by atoms with Crippen LogP contribution in [0.4, 0.5) is 0 Å². The molecule has 2 atom stereocenters. The van der Waals surface area contributed by atoms with Crippen LogP contribution in [0.1, 0.15) is 25.7 Å². The summed E-state index contributed by atoms with van der Waals surface area (Å²) in [6.07, 6.45) is -0.263. The Balaban J connectivity index is 4.41. The number of rotatable bonds is 12. The Labute approximate surface area is 149 Å². The van der Waals surface area contributed by atoms with Crippen molar-refractivity contribution >= 4 is 23.7 Å². The number of hydrogen-bond donors (Lipinski definition) is 9. The van der Waals surface area contributed by atoms with Gasteiger partial charge in [-0.3, -0.25) is 19.4 Å². The molecule has 26 heavy (non-hydrogen) atoms. The molecule has 13 nitrogen and oxygen atoms in total. The number of aliphatic hydroxyl groups is 3. The van der Waals surface area contributed by atoms with Gasteiger partial charge < -0.3 is 48.3 Å². The summed E-state index contributed by atoms with van der Waals surface area (Å²) in [5.41, 5.74) is 15.7. The van der Waals surface area contributed by atoms with Crippen LogP contribution in [-0.4, -0.2) is 75.3 Å². The third-order valence-corrected chi connectivity index (χ3v) is 3.18. The van der Waals surface area contributed by atoms with Crippen LogP contribution in [0.3, 0.4) is 0 Å². The first-order chi connectivity index (χ1) is 11.9. The number of nitrogens with two attached hydrogens (primary N) is 3. The lowest BCUT2D eigenvalue weighted by molar-refractivity contribution is -0.327. The number of aliphatic imine (C=N–C) groups is 1. The van der Waals surface area contributed by atoms with Crippen molar-refractivity contribution in [2.75, 3.05) is 13.1 Å². The fraction of sp³-hybridized carbons (Fsp3) is 0.692. The molecule has 0 fully saturated rings. The van der Waals surface area contributed by atoms with Crippen LogP contribution < -0.4 is 27.8 Å². The van der Waals surface area contributed by atoms with Gasteiger partial charge >= 0.3 is 5.97 Å². The van der Waals surface area contributed by atoms with Gasteiger partial charge in [0.2, 0.25) is 11.8 Å². The van der Waals surface area contributed by atoms with Crippen LogP contribution >= 0.6 is 0 Å². The van der Waals surface area contributed by atoms with E-state index in [1.165, 1.54) is 0 Å². The number of nitrogens with zero attached hydrogens (tertiary/aromatic N) is 1. The number of nitrogens with one attached hydrogen (secondary N) is 2. The number of hydrogen-bond acceptors (Lipinski definition) is 8. The molecule has 0 aliphatic heterocycles. The minimum Gasteiger partial charge on any atom is -0.481 e. The molecule has 0 aromatic carbocycles. The number of carboxylic acid groups (broad SMARTS) is 1. The minimum atomic E-state index is -3.18. The standard InChI is InChI=1S/C13H26N6O7/c14-7(3-4-10(21)22)11(23)18-6-9(20)19-8(13(24,25)26)2-1-5-17-12(15)16/h7-8,24-26H,1-6,14H2,(H,18,23)(H,19,20)(H,21,22)(H4,15,16,17)/t7-,8-/m0/s1. The molecule has 150 valence electrons. The van der Waals surface area contributed by atoms with E-state index in [-0.39, 0.29) is 38.2 Å². The Bertz CT molecular complexity index is 516. The maximum Gasteiger partial charge on any atom is 0.303 e. The predicted octanol–water partition coefficient (Wildman–Crippen LogP) is -4.54. The second-order valence-corrected chi connectivity index (χ2v) is 5.51. The van der Waals surface area contributed by atoms with E-state index in [4.69, 9.17) is 22.3 Å². The average molecular weight is 378 g/mol. The maximum absolute atomic E-state index is 11.8. The molecule has 0 unspecified atom stereocenters. The van der Waals surface area contributed by atoms with Crippen molar-refractivity contribution in [2.24, 2.45) is 22.2 Å². The molecule has 2 amide bonds. The largest absolute Gasteiger partial charge is 0.481 e. The van der Waals surface area contributed by atoms with Gasteiger partial charge in [0.1, 0.15) is 6.04 Å². The molecule has 0 rings (SSSR count). The van der Waals surface area contributed by atoms with Gasteiger partial charge in [-0.1, -0.05) is 0 Å². The molecular weight excluding hydrogens is 352 g/mol. The first kappa shape index (κ1) is 23.5. The molecular formula is C13H26N6O7. The number of aliphatic carboxylic acids is 1. The van der Waals surface area contributed by atoms with Crippen molar-refractivity contribution in [3.05, 3.63) is 0 Å². The quantitative estimate of drug-likeness (QED) is 0.0680. The van der Waals surface area contributed by atoms with Crippen LogP contribution in [0.5, 0.6) is 0 Å². The van der Waals surface area contributed by atoms with Gasteiger partial charge in [-0.05, 0) is 19.3 Å². The smallest absolute Gasteiger partial charge is 0.303 e. The van der Waals surface area contributed by atoms with Crippen LogP contribution in [-0.2, 0) is 14.4 Å². The van der Waals surface area contributed by atoms with E-state index in [0.717, 1.165) is 0 Å². The van der Waals surface area contributed by atoms with Crippen LogP contribution in [0.15, 0.2) is 4.99 Å². The predicted molar refractivity (Wildman–Crippen MR) is 89.1 cm³/mol. The third-order valence-electron chi connectivity index (χ3n) is 3.18.